The van der Waals surface area contributed by atoms with E-state index in [0.717, 1.165) is 66.1 Å². The first kappa shape index (κ1) is 35.1. The summed E-state index contributed by atoms with van der Waals surface area (Å²) < 4.78 is 4.71. The Morgan fingerprint density at radius 1 is 0.431 bits per heavy atom. The summed E-state index contributed by atoms with van der Waals surface area (Å²) in [5.74, 6) is 1.69. The van der Waals surface area contributed by atoms with E-state index in [-0.39, 0.29) is 0 Å². The largest absolute Gasteiger partial charge is 0.307 e. The number of para-hydroxylation sites is 2. The van der Waals surface area contributed by atoms with E-state index in [0.29, 0.717) is 28.6 Å². The summed E-state index contributed by atoms with van der Waals surface area (Å²) in [6, 6.07) is 50.7. The first-order valence-electron chi connectivity index (χ1n) is 19.7. The fourth-order valence-electron chi connectivity index (χ4n) is 9.02. The number of benzene rings is 7. The lowest BCUT2D eigenvalue weighted by Gasteiger charge is -2.19. The quantitative estimate of drug-likeness (QED) is 0.176. The third-order valence-corrected chi connectivity index (χ3v) is 11.6. The molecule has 0 aliphatic carbocycles. The van der Waals surface area contributed by atoms with Crippen LogP contribution in [0.15, 0.2) is 133 Å². The third kappa shape index (κ3) is 5.58. The Bertz CT molecular complexity index is 3350. The number of hydrogen-bond acceptors (Lipinski definition) is 4. The highest BCUT2D eigenvalue weighted by atomic mass is 15.1. The fraction of sp³-hybridized carbons (Fsp3) is 0.115. The molecule has 0 aliphatic heterocycles. The van der Waals surface area contributed by atoms with Crippen LogP contribution in [0.3, 0.4) is 0 Å². The number of rotatable bonds is 5. The lowest BCUT2D eigenvalue weighted by atomic mass is 9.97. The van der Waals surface area contributed by atoms with Crippen molar-refractivity contribution in [1.82, 2.24) is 24.1 Å². The van der Waals surface area contributed by atoms with Gasteiger partial charge in [-0.3, -0.25) is 0 Å². The van der Waals surface area contributed by atoms with E-state index < -0.39 is 0 Å². The standard InChI is InChI=1S/C52H40N6/c1-30-15-19-39(32(3)23-30)36-17-21-43-41-11-7-9-13-46(41)57(48(43)25-36)50-27-38(29-53)45(52-55-34(5)54-35(6)56-52)28-51(50)58-47-14-10-8-12-42(47)44-22-18-37(26-49(44)58)40-20-16-31(2)24-33(40)4/h7-28H,1-6H3. The van der Waals surface area contributed by atoms with Crippen LogP contribution in [-0.4, -0.2) is 24.1 Å². The molecule has 3 heterocycles. The van der Waals surface area contributed by atoms with Gasteiger partial charge in [0.15, 0.2) is 5.82 Å². The van der Waals surface area contributed by atoms with E-state index >= 15 is 0 Å². The van der Waals surface area contributed by atoms with Crippen molar-refractivity contribution in [1.29, 1.82) is 5.26 Å². The molecule has 0 spiro atoms. The Balaban J connectivity index is 1.36. The molecule has 10 rings (SSSR count). The molecule has 0 amide bonds. The lowest BCUT2D eigenvalue weighted by Crippen LogP contribution is -2.07. The molecule has 10 aromatic rings. The van der Waals surface area contributed by atoms with Gasteiger partial charge in [-0.25, -0.2) is 15.0 Å². The van der Waals surface area contributed by atoms with Crippen molar-refractivity contribution in [2.24, 2.45) is 0 Å². The van der Waals surface area contributed by atoms with E-state index in [1.807, 2.05) is 19.9 Å². The van der Waals surface area contributed by atoms with Crippen LogP contribution in [0.5, 0.6) is 0 Å². The Hall–Kier alpha value is -7.36. The van der Waals surface area contributed by atoms with Gasteiger partial charge in [0.25, 0.3) is 0 Å². The molecule has 0 fully saturated rings. The van der Waals surface area contributed by atoms with Crippen LogP contribution in [0, 0.1) is 52.9 Å². The van der Waals surface area contributed by atoms with Crippen molar-refractivity contribution in [2.75, 3.05) is 0 Å². The molecule has 7 aromatic carbocycles. The number of nitrogens with zero attached hydrogens (tertiary/aromatic N) is 6. The monoisotopic (exact) mass is 748 g/mol. The summed E-state index contributed by atoms with van der Waals surface area (Å²) >= 11 is 0. The molecule has 6 heteroatoms. The second-order valence-electron chi connectivity index (χ2n) is 15.6. The molecule has 6 nitrogen and oxygen atoms in total. The maximum Gasteiger partial charge on any atom is 0.164 e. The molecule has 0 aliphatic rings. The Kier molecular flexibility index (Phi) is 8.10. The smallest absolute Gasteiger partial charge is 0.164 e. The molecule has 0 bridgehead atoms. The number of nitriles is 1. The predicted octanol–water partition coefficient (Wildman–Crippen LogP) is 12.8. The number of fused-ring (bicyclic) bond motifs is 6. The van der Waals surface area contributed by atoms with E-state index in [9.17, 15) is 5.26 Å². The van der Waals surface area contributed by atoms with Crippen molar-refractivity contribution < 1.29 is 0 Å². The van der Waals surface area contributed by atoms with Crippen LogP contribution in [0.4, 0.5) is 0 Å². The van der Waals surface area contributed by atoms with Gasteiger partial charge in [-0.15, -0.1) is 0 Å². The lowest BCUT2D eigenvalue weighted by molar-refractivity contribution is 0.927. The van der Waals surface area contributed by atoms with Crippen molar-refractivity contribution in [2.45, 2.75) is 41.5 Å². The summed E-state index contributed by atoms with van der Waals surface area (Å²) in [5.41, 5.74) is 16.8. The first-order chi connectivity index (χ1) is 28.2. The third-order valence-electron chi connectivity index (χ3n) is 11.6. The zero-order chi connectivity index (χ0) is 39.8. The van der Waals surface area contributed by atoms with Crippen LogP contribution in [0.2, 0.25) is 0 Å². The van der Waals surface area contributed by atoms with Crippen molar-refractivity contribution in [3.63, 3.8) is 0 Å². The molecule has 278 valence electrons. The summed E-state index contributed by atoms with van der Waals surface area (Å²) in [6.07, 6.45) is 0. The molecule has 0 unspecified atom stereocenters. The molecule has 58 heavy (non-hydrogen) atoms. The second-order valence-corrected chi connectivity index (χ2v) is 15.6. The first-order valence-corrected chi connectivity index (χ1v) is 19.7. The summed E-state index contributed by atoms with van der Waals surface area (Å²) in [4.78, 5) is 14.1. The zero-order valence-corrected chi connectivity index (χ0v) is 33.4. The SMILES string of the molecule is Cc1ccc(-c2ccc3c4ccccc4n(-c4cc(C#N)c(-c5nc(C)nc(C)n5)cc4-n4c5ccccc5c5ccc(-c6ccc(C)cc6C)cc54)c3c2)c(C)c1. The van der Waals surface area contributed by atoms with Gasteiger partial charge in [-0.2, -0.15) is 5.26 Å². The van der Waals surface area contributed by atoms with Crippen LogP contribution in [0.1, 0.15) is 39.5 Å². The maximum absolute atomic E-state index is 10.9. The van der Waals surface area contributed by atoms with Crippen LogP contribution >= 0.6 is 0 Å². The predicted molar refractivity (Wildman–Crippen MR) is 238 cm³/mol. The Labute approximate surface area is 337 Å². The van der Waals surface area contributed by atoms with Gasteiger partial charge >= 0.3 is 0 Å². The molecule has 0 saturated heterocycles. The van der Waals surface area contributed by atoms with Gasteiger partial charge in [0.2, 0.25) is 0 Å². The van der Waals surface area contributed by atoms with Crippen molar-refractivity contribution >= 4 is 43.6 Å². The Morgan fingerprint density at radius 2 is 0.897 bits per heavy atom. The van der Waals surface area contributed by atoms with Crippen LogP contribution in [0.25, 0.3) is 88.6 Å². The van der Waals surface area contributed by atoms with Gasteiger partial charge in [0, 0.05) is 27.1 Å². The minimum atomic E-state index is 0.477. The highest BCUT2D eigenvalue weighted by Crippen LogP contribution is 2.42. The topological polar surface area (TPSA) is 72.3 Å². The normalized spacial score (nSPS) is 11.6. The molecule has 0 atom stereocenters. The fourth-order valence-corrected chi connectivity index (χ4v) is 9.02. The average molecular weight is 749 g/mol. The Morgan fingerprint density at radius 3 is 1.38 bits per heavy atom. The highest BCUT2D eigenvalue weighted by Gasteiger charge is 2.24. The van der Waals surface area contributed by atoms with Gasteiger partial charge < -0.3 is 9.13 Å². The zero-order valence-electron chi connectivity index (χ0n) is 33.4. The van der Waals surface area contributed by atoms with E-state index in [4.69, 9.17) is 9.97 Å². The highest BCUT2D eigenvalue weighted by molar-refractivity contribution is 6.13. The number of aromatic nitrogens is 5. The minimum Gasteiger partial charge on any atom is -0.307 e. The molecule has 0 radical (unpaired) electrons. The molecule has 3 aromatic heterocycles. The molecular weight excluding hydrogens is 709 g/mol. The van der Waals surface area contributed by atoms with E-state index in [1.54, 1.807) is 0 Å². The van der Waals surface area contributed by atoms with Gasteiger partial charge in [0.05, 0.1) is 45.1 Å². The van der Waals surface area contributed by atoms with Crippen LogP contribution in [-0.2, 0) is 0 Å². The molecule has 0 saturated carbocycles. The molecular formula is C52H40N6. The van der Waals surface area contributed by atoms with Gasteiger partial charge in [-0.1, -0.05) is 108 Å². The van der Waals surface area contributed by atoms with E-state index in [2.05, 4.69) is 175 Å². The number of hydrogen-bond donors (Lipinski definition) is 0. The second kappa shape index (κ2) is 13.4. The summed E-state index contributed by atoms with van der Waals surface area (Å²) in [6.45, 7) is 12.4. The van der Waals surface area contributed by atoms with E-state index in [1.165, 1.54) is 33.4 Å². The van der Waals surface area contributed by atoms with Crippen LogP contribution < -0.4 is 0 Å². The number of aryl methyl sites for hydroxylation is 6. The minimum absolute atomic E-state index is 0.477. The van der Waals surface area contributed by atoms with Gasteiger partial charge in [0.1, 0.15) is 11.6 Å². The summed E-state index contributed by atoms with van der Waals surface area (Å²) in [7, 11) is 0. The van der Waals surface area contributed by atoms with Crippen molar-refractivity contribution in [3.8, 4) is 51.1 Å². The molecule has 0 N–H and O–H groups in total. The van der Waals surface area contributed by atoms with Gasteiger partial charge in [-0.05, 0) is 111 Å². The summed E-state index contributed by atoms with van der Waals surface area (Å²) in [5, 5.41) is 15.5. The maximum atomic E-state index is 10.9. The van der Waals surface area contributed by atoms with Crippen molar-refractivity contribution in [3.05, 3.63) is 173 Å². The average Bonchev–Trinajstić information content (AvgIpc) is 3.72.